The molecule has 0 radical (unpaired) electrons. The number of rotatable bonds is 7. The summed E-state index contributed by atoms with van der Waals surface area (Å²) in [6.45, 7) is 3.60. The number of aryl methyl sites for hydroxylation is 1. The zero-order valence-corrected chi connectivity index (χ0v) is 19.2. The fourth-order valence-corrected chi connectivity index (χ4v) is 4.03. The highest BCUT2D eigenvalue weighted by Crippen LogP contribution is 2.34. The van der Waals surface area contributed by atoms with Gasteiger partial charge >= 0.3 is 0 Å². The van der Waals surface area contributed by atoms with E-state index in [0.29, 0.717) is 23.3 Å². The summed E-state index contributed by atoms with van der Waals surface area (Å²) in [7, 11) is 0. The van der Waals surface area contributed by atoms with Crippen LogP contribution in [0.15, 0.2) is 84.0 Å². The Morgan fingerprint density at radius 1 is 0.794 bits per heavy atom. The van der Waals surface area contributed by atoms with Gasteiger partial charge in [0.2, 0.25) is 0 Å². The van der Waals surface area contributed by atoms with E-state index in [2.05, 4.69) is 6.92 Å². The second-order valence-corrected chi connectivity index (χ2v) is 8.58. The first kappa shape index (κ1) is 23.8. The molecular weight excluding hydrogens is 440 g/mol. The molecule has 0 aromatic heterocycles. The number of allylic oxidation sites excluding steroid dienone is 2. The lowest BCUT2D eigenvalue weighted by Crippen LogP contribution is -2.10. The summed E-state index contributed by atoms with van der Waals surface area (Å²) in [5, 5.41) is 0. The SMILES string of the molecule is CCCc1ccc(-c2ccc(-c3ccc(OCC4=CCC(C)C(F)=C4F)cc3)c(F)c2F)cc1. The van der Waals surface area contributed by atoms with Crippen LogP contribution in [0, 0.1) is 17.6 Å². The Morgan fingerprint density at radius 3 is 1.91 bits per heavy atom. The van der Waals surface area contributed by atoms with E-state index in [-0.39, 0.29) is 23.3 Å². The molecular formula is C29H26F4O. The van der Waals surface area contributed by atoms with Gasteiger partial charge in [0.1, 0.15) is 18.2 Å². The van der Waals surface area contributed by atoms with Crippen LogP contribution in [0.4, 0.5) is 17.6 Å². The highest BCUT2D eigenvalue weighted by molar-refractivity contribution is 5.72. The van der Waals surface area contributed by atoms with Crippen molar-refractivity contribution in [2.24, 2.45) is 5.92 Å². The average molecular weight is 467 g/mol. The van der Waals surface area contributed by atoms with Crippen molar-refractivity contribution in [3.63, 3.8) is 0 Å². The summed E-state index contributed by atoms with van der Waals surface area (Å²) in [6.07, 6.45) is 4.01. The predicted molar refractivity (Wildman–Crippen MR) is 128 cm³/mol. The van der Waals surface area contributed by atoms with Gasteiger partial charge in [0.25, 0.3) is 0 Å². The van der Waals surface area contributed by atoms with Crippen molar-refractivity contribution in [2.75, 3.05) is 6.61 Å². The van der Waals surface area contributed by atoms with E-state index in [1.54, 1.807) is 61.5 Å². The van der Waals surface area contributed by atoms with Gasteiger partial charge in [-0.05, 0) is 41.7 Å². The second kappa shape index (κ2) is 10.3. The molecule has 0 N–H and O–H groups in total. The molecule has 1 aliphatic rings. The van der Waals surface area contributed by atoms with Crippen molar-refractivity contribution >= 4 is 0 Å². The predicted octanol–water partition coefficient (Wildman–Crippen LogP) is 8.75. The van der Waals surface area contributed by atoms with Gasteiger partial charge in [0.05, 0.1) is 0 Å². The molecule has 4 rings (SSSR count). The Kier molecular flexibility index (Phi) is 7.20. The Hall–Kier alpha value is -3.34. The van der Waals surface area contributed by atoms with Crippen molar-refractivity contribution in [1.82, 2.24) is 0 Å². The van der Waals surface area contributed by atoms with Gasteiger partial charge in [-0.1, -0.05) is 74.9 Å². The van der Waals surface area contributed by atoms with Gasteiger partial charge in [0.15, 0.2) is 17.5 Å². The molecule has 0 heterocycles. The van der Waals surface area contributed by atoms with E-state index in [4.69, 9.17) is 4.74 Å². The first-order valence-corrected chi connectivity index (χ1v) is 11.4. The lowest BCUT2D eigenvalue weighted by Gasteiger charge is -2.17. The van der Waals surface area contributed by atoms with E-state index in [1.807, 2.05) is 12.1 Å². The van der Waals surface area contributed by atoms with E-state index >= 15 is 0 Å². The summed E-state index contributed by atoms with van der Waals surface area (Å²) >= 11 is 0. The van der Waals surface area contributed by atoms with Crippen LogP contribution >= 0.6 is 0 Å². The van der Waals surface area contributed by atoms with Crippen molar-refractivity contribution < 1.29 is 22.3 Å². The van der Waals surface area contributed by atoms with E-state index in [9.17, 15) is 17.6 Å². The Balaban J connectivity index is 1.49. The van der Waals surface area contributed by atoms with Crippen molar-refractivity contribution in [3.05, 3.63) is 101 Å². The van der Waals surface area contributed by atoms with Gasteiger partial charge in [-0.3, -0.25) is 0 Å². The van der Waals surface area contributed by atoms with Gasteiger partial charge in [-0.15, -0.1) is 0 Å². The van der Waals surface area contributed by atoms with Crippen LogP contribution in [-0.4, -0.2) is 6.61 Å². The Morgan fingerprint density at radius 2 is 1.35 bits per heavy atom. The second-order valence-electron chi connectivity index (χ2n) is 8.58. The number of halogens is 4. The fraction of sp³-hybridized carbons (Fsp3) is 0.241. The van der Waals surface area contributed by atoms with E-state index in [0.717, 1.165) is 18.4 Å². The van der Waals surface area contributed by atoms with Crippen LogP contribution in [0.5, 0.6) is 5.75 Å². The Labute approximate surface area is 197 Å². The quantitative estimate of drug-likeness (QED) is 0.316. The molecule has 1 aliphatic carbocycles. The molecule has 0 saturated carbocycles. The summed E-state index contributed by atoms with van der Waals surface area (Å²) in [5.41, 5.74) is 2.78. The van der Waals surface area contributed by atoms with Crippen LogP contribution in [-0.2, 0) is 6.42 Å². The molecule has 0 spiro atoms. The van der Waals surface area contributed by atoms with E-state index in [1.165, 1.54) is 0 Å². The highest BCUT2D eigenvalue weighted by atomic mass is 19.2. The molecule has 176 valence electrons. The van der Waals surface area contributed by atoms with Gasteiger partial charge in [0, 0.05) is 22.6 Å². The standard InChI is InChI=1S/C29H26F4O/c1-3-4-19-6-9-20(10-7-19)24-15-16-25(29(33)28(24)32)21-11-13-23(14-12-21)34-17-22-8-5-18(2)26(30)27(22)31/h6-16,18H,3-5,17H2,1-2H3. The minimum atomic E-state index is -0.923. The minimum Gasteiger partial charge on any atom is -0.489 e. The lowest BCUT2D eigenvalue weighted by atomic mass is 9.96. The van der Waals surface area contributed by atoms with Crippen LogP contribution in [0.3, 0.4) is 0 Å². The smallest absolute Gasteiger partial charge is 0.167 e. The molecule has 34 heavy (non-hydrogen) atoms. The van der Waals surface area contributed by atoms with Crippen LogP contribution in [0.1, 0.15) is 32.3 Å². The third-order valence-electron chi connectivity index (χ3n) is 6.09. The zero-order valence-electron chi connectivity index (χ0n) is 19.2. The van der Waals surface area contributed by atoms with E-state index < -0.39 is 29.2 Å². The molecule has 3 aromatic carbocycles. The summed E-state index contributed by atoms with van der Waals surface area (Å²) in [4.78, 5) is 0. The molecule has 1 unspecified atom stereocenters. The van der Waals surface area contributed by atoms with Crippen LogP contribution in [0.2, 0.25) is 0 Å². The fourth-order valence-electron chi connectivity index (χ4n) is 4.03. The van der Waals surface area contributed by atoms with Crippen molar-refractivity contribution in [1.29, 1.82) is 0 Å². The molecule has 0 saturated heterocycles. The number of hydrogen-bond acceptors (Lipinski definition) is 1. The monoisotopic (exact) mass is 466 g/mol. The maximum atomic E-state index is 14.9. The largest absolute Gasteiger partial charge is 0.489 e. The minimum absolute atomic E-state index is 0.111. The van der Waals surface area contributed by atoms with Crippen LogP contribution in [0.25, 0.3) is 22.3 Å². The summed E-state index contributed by atoms with van der Waals surface area (Å²) in [5.74, 6) is -3.50. The first-order chi connectivity index (χ1) is 16.4. The van der Waals surface area contributed by atoms with Crippen LogP contribution < -0.4 is 4.74 Å². The number of ether oxygens (including phenoxy) is 1. The average Bonchev–Trinajstić information content (AvgIpc) is 2.85. The Bertz CT molecular complexity index is 1220. The normalized spacial score (nSPS) is 15.9. The van der Waals surface area contributed by atoms with Crippen molar-refractivity contribution in [3.8, 4) is 28.0 Å². The van der Waals surface area contributed by atoms with Gasteiger partial charge in [-0.2, -0.15) is 0 Å². The maximum Gasteiger partial charge on any atom is 0.167 e. The third-order valence-corrected chi connectivity index (χ3v) is 6.09. The van der Waals surface area contributed by atoms with Crippen molar-refractivity contribution in [2.45, 2.75) is 33.1 Å². The summed E-state index contributed by atoms with van der Waals surface area (Å²) in [6, 6.07) is 17.0. The molecule has 5 heteroatoms. The number of benzene rings is 3. The maximum absolute atomic E-state index is 14.9. The molecule has 0 aliphatic heterocycles. The van der Waals surface area contributed by atoms with Gasteiger partial charge in [-0.25, -0.2) is 17.6 Å². The first-order valence-electron chi connectivity index (χ1n) is 11.4. The lowest BCUT2D eigenvalue weighted by molar-refractivity contribution is 0.338. The zero-order chi connectivity index (χ0) is 24.2. The topological polar surface area (TPSA) is 9.23 Å². The summed E-state index contributed by atoms with van der Waals surface area (Å²) < 4.78 is 63.3. The number of hydrogen-bond donors (Lipinski definition) is 0. The molecule has 0 fully saturated rings. The third kappa shape index (κ3) is 4.93. The highest BCUT2D eigenvalue weighted by Gasteiger charge is 2.22. The molecule has 1 atom stereocenters. The van der Waals surface area contributed by atoms with Gasteiger partial charge < -0.3 is 4.74 Å². The molecule has 0 amide bonds. The molecule has 3 aromatic rings. The molecule has 1 nitrogen and oxygen atoms in total. The molecule has 0 bridgehead atoms.